The molecule has 0 fully saturated rings. The molecule has 1 aromatic carbocycles. The SMILES string of the molecule is CCCCCC(=O)N1Cc2cccc(Br)c2CC1C(=O)O. The molecule has 1 aliphatic heterocycles. The van der Waals surface area contributed by atoms with Crippen molar-refractivity contribution in [3.8, 4) is 0 Å². The van der Waals surface area contributed by atoms with Crippen molar-refractivity contribution in [2.24, 2.45) is 0 Å². The van der Waals surface area contributed by atoms with Gasteiger partial charge in [0.25, 0.3) is 0 Å². The Bertz CT molecular complexity index is 544. The first-order valence-corrected chi connectivity index (χ1v) is 8.12. The summed E-state index contributed by atoms with van der Waals surface area (Å²) in [5.74, 6) is -0.985. The van der Waals surface area contributed by atoms with Gasteiger partial charge in [-0.05, 0) is 23.6 Å². The summed E-state index contributed by atoms with van der Waals surface area (Å²) in [6, 6.07) is 5.04. The number of hydrogen-bond donors (Lipinski definition) is 1. The highest BCUT2D eigenvalue weighted by Gasteiger charge is 2.34. The minimum Gasteiger partial charge on any atom is -0.480 e. The fourth-order valence-corrected chi connectivity index (χ4v) is 3.30. The normalized spacial score (nSPS) is 17.4. The number of carbonyl (C=O) groups is 2. The third-order valence-corrected chi connectivity index (χ3v) is 4.67. The van der Waals surface area contributed by atoms with E-state index in [0.29, 0.717) is 19.4 Å². The fourth-order valence-electron chi connectivity index (χ4n) is 2.73. The van der Waals surface area contributed by atoms with E-state index in [-0.39, 0.29) is 5.91 Å². The molecule has 1 aromatic rings. The molecule has 1 aliphatic rings. The third kappa shape index (κ3) is 3.64. The van der Waals surface area contributed by atoms with Crippen LogP contribution in [0.1, 0.15) is 43.7 Å². The van der Waals surface area contributed by atoms with Crippen molar-refractivity contribution in [2.75, 3.05) is 0 Å². The molecule has 0 bridgehead atoms. The average molecular weight is 354 g/mol. The minimum atomic E-state index is -0.930. The summed E-state index contributed by atoms with van der Waals surface area (Å²) in [4.78, 5) is 25.4. The number of nitrogens with zero attached hydrogens (tertiary/aromatic N) is 1. The van der Waals surface area contributed by atoms with Crippen LogP contribution in [0.25, 0.3) is 0 Å². The van der Waals surface area contributed by atoms with E-state index in [1.165, 1.54) is 4.90 Å². The number of carboxylic acid groups (broad SMARTS) is 1. The zero-order valence-electron chi connectivity index (χ0n) is 12.1. The first-order valence-electron chi connectivity index (χ1n) is 7.33. The molecule has 114 valence electrons. The quantitative estimate of drug-likeness (QED) is 0.825. The first kappa shape index (κ1) is 16.0. The maximum Gasteiger partial charge on any atom is 0.326 e. The Labute approximate surface area is 133 Å². The molecule has 0 saturated carbocycles. The van der Waals surface area contributed by atoms with Crippen molar-refractivity contribution in [2.45, 2.75) is 51.6 Å². The Hall–Kier alpha value is -1.36. The first-order chi connectivity index (χ1) is 10.0. The van der Waals surface area contributed by atoms with Crippen molar-refractivity contribution >= 4 is 27.8 Å². The molecular formula is C16H20BrNO3. The van der Waals surface area contributed by atoms with Crippen LogP contribution in [0.5, 0.6) is 0 Å². The van der Waals surface area contributed by atoms with Crippen LogP contribution in [0, 0.1) is 0 Å². The van der Waals surface area contributed by atoms with Crippen LogP contribution in [0.4, 0.5) is 0 Å². The van der Waals surface area contributed by atoms with E-state index in [1.807, 2.05) is 18.2 Å². The maximum absolute atomic E-state index is 12.3. The molecule has 21 heavy (non-hydrogen) atoms. The standard InChI is InChI=1S/C16H20BrNO3/c1-2-3-4-8-15(19)18-10-11-6-5-7-13(17)12(11)9-14(18)16(20)21/h5-7,14H,2-4,8-10H2,1H3,(H,20,21). The summed E-state index contributed by atoms with van der Waals surface area (Å²) in [6.45, 7) is 2.47. The summed E-state index contributed by atoms with van der Waals surface area (Å²) in [7, 11) is 0. The molecule has 1 atom stereocenters. The zero-order valence-corrected chi connectivity index (χ0v) is 13.7. The van der Waals surface area contributed by atoms with Gasteiger partial charge >= 0.3 is 5.97 Å². The Morgan fingerprint density at radius 2 is 2.14 bits per heavy atom. The van der Waals surface area contributed by atoms with Crippen molar-refractivity contribution in [1.82, 2.24) is 4.90 Å². The zero-order chi connectivity index (χ0) is 15.4. The summed E-state index contributed by atoms with van der Waals surface area (Å²) >= 11 is 3.47. The molecule has 4 nitrogen and oxygen atoms in total. The number of rotatable bonds is 5. The van der Waals surface area contributed by atoms with Gasteiger partial charge in [0, 0.05) is 23.9 Å². The van der Waals surface area contributed by atoms with Gasteiger partial charge in [-0.3, -0.25) is 4.79 Å². The van der Waals surface area contributed by atoms with Gasteiger partial charge in [0.1, 0.15) is 6.04 Å². The largest absolute Gasteiger partial charge is 0.480 e. The number of hydrogen-bond acceptors (Lipinski definition) is 2. The van der Waals surface area contributed by atoms with Gasteiger partial charge in [-0.1, -0.05) is 47.8 Å². The Morgan fingerprint density at radius 1 is 1.38 bits per heavy atom. The Balaban J connectivity index is 2.20. The number of amides is 1. The van der Waals surface area contributed by atoms with Gasteiger partial charge in [0.2, 0.25) is 5.91 Å². The molecule has 0 aliphatic carbocycles. The Morgan fingerprint density at radius 3 is 2.81 bits per heavy atom. The number of carbonyl (C=O) groups excluding carboxylic acids is 1. The second-order valence-electron chi connectivity index (χ2n) is 5.41. The lowest BCUT2D eigenvalue weighted by Gasteiger charge is -2.35. The van der Waals surface area contributed by atoms with E-state index in [4.69, 9.17) is 0 Å². The summed E-state index contributed by atoms with van der Waals surface area (Å²) < 4.78 is 0.921. The van der Waals surface area contributed by atoms with Crippen molar-refractivity contribution in [3.63, 3.8) is 0 Å². The highest BCUT2D eigenvalue weighted by Crippen LogP contribution is 2.30. The average Bonchev–Trinajstić information content (AvgIpc) is 2.46. The van der Waals surface area contributed by atoms with Gasteiger partial charge < -0.3 is 10.0 Å². The van der Waals surface area contributed by atoms with Gasteiger partial charge in [0.15, 0.2) is 0 Å². The lowest BCUT2D eigenvalue weighted by Crippen LogP contribution is -2.48. The number of aliphatic carboxylic acids is 1. The van der Waals surface area contributed by atoms with Gasteiger partial charge in [-0.2, -0.15) is 0 Å². The van der Waals surface area contributed by atoms with E-state index in [0.717, 1.165) is 34.9 Å². The highest BCUT2D eigenvalue weighted by molar-refractivity contribution is 9.10. The number of halogens is 1. The lowest BCUT2D eigenvalue weighted by atomic mass is 9.93. The van der Waals surface area contributed by atoms with Crippen molar-refractivity contribution < 1.29 is 14.7 Å². The van der Waals surface area contributed by atoms with Crippen molar-refractivity contribution in [1.29, 1.82) is 0 Å². The topological polar surface area (TPSA) is 57.6 Å². The summed E-state index contributed by atoms with van der Waals surface area (Å²) in [5.41, 5.74) is 2.04. The van der Waals surface area contributed by atoms with Crippen LogP contribution in [0.2, 0.25) is 0 Å². The van der Waals surface area contributed by atoms with Crippen LogP contribution in [-0.2, 0) is 22.6 Å². The molecule has 0 radical (unpaired) electrons. The number of benzene rings is 1. The smallest absolute Gasteiger partial charge is 0.326 e. The number of carboxylic acids is 1. The third-order valence-electron chi connectivity index (χ3n) is 3.93. The molecular weight excluding hydrogens is 334 g/mol. The van der Waals surface area contributed by atoms with Crippen LogP contribution < -0.4 is 0 Å². The predicted molar refractivity (Wildman–Crippen MR) is 84.0 cm³/mol. The van der Waals surface area contributed by atoms with Gasteiger partial charge in [-0.15, -0.1) is 0 Å². The number of fused-ring (bicyclic) bond motifs is 1. The van der Waals surface area contributed by atoms with Crippen LogP contribution in [0.3, 0.4) is 0 Å². The summed E-state index contributed by atoms with van der Waals surface area (Å²) in [6.07, 6.45) is 3.67. The van der Waals surface area contributed by atoms with Crippen LogP contribution >= 0.6 is 15.9 Å². The van der Waals surface area contributed by atoms with E-state index < -0.39 is 12.0 Å². The number of unbranched alkanes of at least 4 members (excludes halogenated alkanes) is 2. The second-order valence-corrected chi connectivity index (χ2v) is 6.27. The fraction of sp³-hybridized carbons (Fsp3) is 0.500. The molecule has 0 saturated heterocycles. The van der Waals surface area contributed by atoms with Crippen molar-refractivity contribution in [3.05, 3.63) is 33.8 Å². The Kier molecular flexibility index (Phi) is 5.39. The van der Waals surface area contributed by atoms with Gasteiger partial charge in [0.05, 0.1) is 0 Å². The predicted octanol–water partition coefficient (Wildman–Crippen LogP) is 3.37. The highest BCUT2D eigenvalue weighted by atomic mass is 79.9. The molecule has 1 N–H and O–H groups in total. The van der Waals surface area contributed by atoms with E-state index >= 15 is 0 Å². The lowest BCUT2D eigenvalue weighted by molar-refractivity contribution is -0.151. The molecule has 2 rings (SSSR count). The monoisotopic (exact) mass is 353 g/mol. The van der Waals surface area contributed by atoms with E-state index in [1.54, 1.807) is 0 Å². The minimum absolute atomic E-state index is 0.0542. The molecule has 5 heteroatoms. The molecule has 1 amide bonds. The van der Waals surface area contributed by atoms with Crippen LogP contribution in [-0.4, -0.2) is 27.9 Å². The molecule has 0 aromatic heterocycles. The molecule has 0 spiro atoms. The van der Waals surface area contributed by atoms with Crippen LogP contribution in [0.15, 0.2) is 22.7 Å². The van der Waals surface area contributed by atoms with Gasteiger partial charge in [-0.25, -0.2) is 4.79 Å². The maximum atomic E-state index is 12.3. The van der Waals surface area contributed by atoms with E-state index in [9.17, 15) is 14.7 Å². The summed E-state index contributed by atoms with van der Waals surface area (Å²) in [5, 5.41) is 9.44. The molecule has 1 unspecified atom stereocenters. The van der Waals surface area contributed by atoms with E-state index in [2.05, 4.69) is 22.9 Å². The molecule has 1 heterocycles. The second kappa shape index (κ2) is 7.07.